The van der Waals surface area contributed by atoms with E-state index in [1.54, 1.807) is 6.92 Å². The zero-order chi connectivity index (χ0) is 14.8. The maximum atomic E-state index is 11.3. The van der Waals surface area contributed by atoms with Crippen LogP contribution in [0.4, 0.5) is 0 Å². The lowest BCUT2D eigenvalue weighted by molar-refractivity contribution is -0.146. The van der Waals surface area contributed by atoms with Gasteiger partial charge < -0.3 is 10.5 Å². The van der Waals surface area contributed by atoms with Crippen molar-refractivity contribution in [3.8, 4) is 0 Å². The lowest BCUT2D eigenvalue weighted by Gasteiger charge is -2.08. The van der Waals surface area contributed by atoms with E-state index in [1.807, 2.05) is 12.1 Å². The van der Waals surface area contributed by atoms with Gasteiger partial charge in [0.2, 0.25) is 0 Å². The van der Waals surface area contributed by atoms with Gasteiger partial charge in [-0.25, -0.2) is 0 Å². The van der Waals surface area contributed by atoms with E-state index in [2.05, 4.69) is 19.1 Å². The van der Waals surface area contributed by atoms with Crippen LogP contribution in [0.15, 0.2) is 24.3 Å². The van der Waals surface area contributed by atoms with Crippen molar-refractivity contribution in [2.45, 2.75) is 65.0 Å². The highest BCUT2D eigenvalue weighted by atomic mass is 16.5. The first-order valence-electron chi connectivity index (χ1n) is 7.63. The normalized spacial score (nSPS) is 12.2. The maximum absolute atomic E-state index is 11.3. The average molecular weight is 277 g/mol. The van der Waals surface area contributed by atoms with Crippen molar-refractivity contribution in [3.05, 3.63) is 35.4 Å². The topological polar surface area (TPSA) is 52.3 Å². The summed E-state index contributed by atoms with van der Waals surface area (Å²) in [5.74, 6) is -0.356. The van der Waals surface area contributed by atoms with Crippen LogP contribution in [0, 0.1) is 0 Å². The molecule has 0 aliphatic rings. The van der Waals surface area contributed by atoms with E-state index in [0.29, 0.717) is 6.61 Å². The second-order valence-corrected chi connectivity index (χ2v) is 5.38. The van der Waals surface area contributed by atoms with E-state index in [4.69, 9.17) is 10.5 Å². The largest absolute Gasteiger partial charge is 0.460 e. The molecule has 0 aromatic heterocycles. The molecule has 0 saturated heterocycles. The smallest absolute Gasteiger partial charge is 0.322 e. The highest BCUT2D eigenvalue weighted by molar-refractivity contribution is 5.74. The SMILES string of the molecule is CCCCCCCc1ccc(COC(=O)[C@H](C)N)cc1. The Bertz CT molecular complexity index is 384. The zero-order valence-electron chi connectivity index (χ0n) is 12.7. The van der Waals surface area contributed by atoms with Gasteiger partial charge in [0.25, 0.3) is 0 Å². The minimum atomic E-state index is -0.558. The zero-order valence-corrected chi connectivity index (χ0v) is 12.7. The molecule has 3 nitrogen and oxygen atoms in total. The number of ether oxygens (including phenoxy) is 1. The number of esters is 1. The Morgan fingerprint density at radius 1 is 1.10 bits per heavy atom. The van der Waals surface area contributed by atoms with Crippen LogP contribution in [0.3, 0.4) is 0 Å². The van der Waals surface area contributed by atoms with Crippen LogP contribution in [0.2, 0.25) is 0 Å². The molecule has 112 valence electrons. The van der Waals surface area contributed by atoms with Crippen molar-refractivity contribution < 1.29 is 9.53 Å². The van der Waals surface area contributed by atoms with Crippen LogP contribution >= 0.6 is 0 Å². The van der Waals surface area contributed by atoms with Gasteiger partial charge in [-0.05, 0) is 30.9 Å². The number of aryl methyl sites for hydroxylation is 1. The summed E-state index contributed by atoms with van der Waals surface area (Å²) in [6.07, 6.45) is 7.64. The van der Waals surface area contributed by atoms with E-state index in [-0.39, 0.29) is 5.97 Å². The van der Waals surface area contributed by atoms with Gasteiger partial charge >= 0.3 is 5.97 Å². The first-order valence-corrected chi connectivity index (χ1v) is 7.63. The quantitative estimate of drug-likeness (QED) is 0.554. The second kappa shape index (κ2) is 9.54. The van der Waals surface area contributed by atoms with Crippen molar-refractivity contribution in [2.75, 3.05) is 0 Å². The number of hydrogen-bond acceptors (Lipinski definition) is 3. The predicted molar refractivity (Wildman–Crippen MR) is 82.4 cm³/mol. The molecule has 1 aromatic carbocycles. The van der Waals surface area contributed by atoms with Crippen molar-refractivity contribution >= 4 is 5.97 Å². The summed E-state index contributed by atoms with van der Waals surface area (Å²) >= 11 is 0. The molecule has 0 aliphatic heterocycles. The van der Waals surface area contributed by atoms with Crippen molar-refractivity contribution in [1.82, 2.24) is 0 Å². The molecular formula is C17H27NO2. The highest BCUT2D eigenvalue weighted by Gasteiger charge is 2.08. The van der Waals surface area contributed by atoms with Crippen molar-refractivity contribution in [3.63, 3.8) is 0 Å². The summed E-state index contributed by atoms with van der Waals surface area (Å²) < 4.78 is 5.09. The molecule has 0 fully saturated rings. The Morgan fingerprint density at radius 3 is 2.30 bits per heavy atom. The molecule has 1 rings (SSSR count). The van der Waals surface area contributed by atoms with Gasteiger partial charge in [0.15, 0.2) is 0 Å². The molecule has 0 aliphatic carbocycles. The molecular weight excluding hydrogens is 250 g/mol. The van der Waals surface area contributed by atoms with Gasteiger partial charge in [0, 0.05) is 0 Å². The van der Waals surface area contributed by atoms with Crippen molar-refractivity contribution in [2.24, 2.45) is 5.73 Å². The number of unbranched alkanes of at least 4 members (excludes halogenated alkanes) is 4. The van der Waals surface area contributed by atoms with Gasteiger partial charge in [0.05, 0.1) is 0 Å². The molecule has 20 heavy (non-hydrogen) atoms. The van der Waals surface area contributed by atoms with Crippen LogP contribution in [-0.4, -0.2) is 12.0 Å². The van der Waals surface area contributed by atoms with Crippen LogP contribution in [0.5, 0.6) is 0 Å². The number of carbonyl (C=O) groups is 1. The summed E-state index contributed by atoms with van der Waals surface area (Å²) in [5, 5.41) is 0. The third kappa shape index (κ3) is 6.71. The number of carbonyl (C=O) groups excluding carboxylic acids is 1. The van der Waals surface area contributed by atoms with E-state index < -0.39 is 6.04 Å². The Balaban J connectivity index is 2.27. The molecule has 0 unspecified atom stereocenters. The van der Waals surface area contributed by atoms with Gasteiger partial charge in [-0.1, -0.05) is 56.9 Å². The Hall–Kier alpha value is -1.35. The molecule has 1 aromatic rings. The first kappa shape index (κ1) is 16.7. The second-order valence-electron chi connectivity index (χ2n) is 5.38. The average Bonchev–Trinajstić information content (AvgIpc) is 2.45. The highest BCUT2D eigenvalue weighted by Crippen LogP contribution is 2.11. The molecule has 0 radical (unpaired) electrons. The Labute approximate surface area is 122 Å². The summed E-state index contributed by atoms with van der Waals surface area (Å²) in [7, 11) is 0. The third-order valence-corrected chi connectivity index (χ3v) is 3.34. The molecule has 3 heteroatoms. The number of nitrogens with two attached hydrogens (primary N) is 1. The van der Waals surface area contributed by atoms with E-state index >= 15 is 0 Å². The van der Waals surface area contributed by atoms with E-state index in [9.17, 15) is 4.79 Å². The molecule has 0 spiro atoms. The summed E-state index contributed by atoms with van der Waals surface area (Å²) in [4.78, 5) is 11.3. The molecule has 2 N–H and O–H groups in total. The predicted octanol–water partition coefficient (Wildman–Crippen LogP) is 3.59. The number of hydrogen-bond donors (Lipinski definition) is 1. The lowest BCUT2D eigenvalue weighted by Crippen LogP contribution is -2.28. The number of rotatable bonds is 9. The number of benzene rings is 1. The standard InChI is InChI=1S/C17H27NO2/c1-3-4-5-6-7-8-15-9-11-16(12-10-15)13-20-17(19)14(2)18/h9-12,14H,3-8,13,18H2,1-2H3/t14-/m0/s1. The Kier molecular flexibility index (Phi) is 7.97. The summed E-state index contributed by atoms with van der Waals surface area (Å²) in [6.45, 7) is 4.16. The van der Waals surface area contributed by atoms with Gasteiger partial charge in [-0.15, -0.1) is 0 Å². The fourth-order valence-corrected chi connectivity index (χ4v) is 2.02. The molecule has 1 atom stereocenters. The molecule has 0 heterocycles. The minimum absolute atomic E-state index is 0.303. The van der Waals surface area contributed by atoms with Crippen LogP contribution < -0.4 is 5.73 Å². The first-order chi connectivity index (χ1) is 9.63. The third-order valence-electron chi connectivity index (χ3n) is 3.34. The van der Waals surface area contributed by atoms with E-state index in [1.165, 1.54) is 37.7 Å². The molecule has 0 saturated carbocycles. The van der Waals surface area contributed by atoms with Crippen LogP contribution in [0.1, 0.15) is 57.1 Å². The molecule has 0 bridgehead atoms. The van der Waals surface area contributed by atoms with Gasteiger partial charge in [-0.3, -0.25) is 4.79 Å². The minimum Gasteiger partial charge on any atom is -0.460 e. The fourth-order valence-electron chi connectivity index (χ4n) is 2.02. The monoisotopic (exact) mass is 277 g/mol. The summed E-state index contributed by atoms with van der Waals surface area (Å²) in [6, 6.07) is 7.73. The van der Waals surface area contributed by atoms with Gasteiger partial charge in [-0.2, -0.15) is 0 Å². The van der Waals surface area contributed by atoms with Crippen LogP contribution in [-0.2, 0) is 22.6 Å². The van der Waals surface area contributed by atoms with Crippen molar-refractivity contribution in [1.29, 1.82) is 0 Å². The lowest BCUT2D eigenvalue weighted by atomic mass is 10.0. The van der Waals surface area contributed by atoms with Gasteiger partial charge in [0.1, 0.15) is 12.6 Å². The van der Waals surface area contributed by atoms with E-state index in [0.717, 1.165) is 12.0 Å². The Morgan fingerprint density at radius 2 is 1.70 bits per heavy atom. The van der Waals surface area contributed by atoms with Crippen LogP contribution in [0.25, 0.3) is 0 Å². The maximum Gasteiger partial charge on any atom is 0.322 e. The molecule has 0 amide bonds. The summed E-state index contributed by atoms with van der Waals surface area (Å²) in [5.41, 5.74) is 7.80. The fraction of sp³-hybridized carbons (Fsp3) is 0.588.